The molecule has 1 amide bonds. The van der Waals surface area contributed by atoms with Crippen LogP contribution >= 0.6 is 0 Å². The molecule has 1 aliphatic rings. The molecule has 2 atom stereocenters. The van der Waals surface area contributed by atoms with Gasteiger partial charge in [-0.2, -0.15) is 0 Å². The van der Waals surface area contributed by atoms with Crippen LogP contribution < -0.4 is 10.1 Å². The monoisotopic (exact) mass is 389 g/mol. The maximum Gasteiger partial charge on any atom is 0.224 e. The second kappa shape index (κ2) is 8.62. The number of rotatable bonds is 6. The molecule has 1 aromatic heterocycles. The molecule has 1 aliphatic heterocycles. The van der Waals surface area contributed by atoms with Crippen LogP contribution in [-0.4, -0.2) is 36.0 Å². The van der Waals surface area contributed by atoms with Gasteiger partial charge in [-0.05, 0) is 47.9 Å². The number of fused-ring (bicyclic) bond motifs is 1. The number of likely N-dealkylation sites (tertiary alicyclic amines) is 1. The van der Waals surface area contributed by atoms with Crippen molar-refractivity contribution in [2.45, 2.75) is 25.9 Å². The molecule has 2 heterocycles. The van der Waals surface area contributed by atoms with E-state index in [9.17, 15) is 4.79 Å². The zero-order valence-electron chi connectivity index (χ0n) is 17.0. The predicted molar refractivity (Wildman–Crippen MR) is 115 cm³/mol. The first kappa shape index (κ1) is 19.4. The molecule has 1 fully saturated rings. The lowest BCUT2D eigenvalue weighted by molar-refractivity contribution is -0.124. The summed E-state index contributed by atoms with van der Waals surface area (Å²) >= 11 is 0. The van der Waals surface area contributed by atoms with Crippen LogP contribution in [0.1, 0.15) is 30.5 Å². The van der Waals surface area contributed by atoms with E-state index in [1.807, 2.05) is 12.1 Å². The van der Waals surface area contributed by atoms with Crippen molar-refractivity contribution in [1.29, 1.82) is 0 Å². The number of nitrogens with zero attached hydrogens (tertiary/aromatic N) is 2. The molecule has 1 unspecified atom stereocenters. The zero-order valence-corrected chi connectivity index (χ0v) is 17.0. The predicted octanol–water partition coefficient (Wildman–Crippen LogP) is 3.94. The number of methoxy groups -OCH3 is 1. The molecule has 1 saturated heterocycles. The van der Waals surface area contributed by atoms with Crippen molar-refractivity contribution in [2.75, 3.05) is 20.2 Å². The number of pyridine rings is 1. The van der Waals surface area contributed by atoms with Gasteiger partial charge in [0.15, 0.2) is 0 Å². The minimum atomic E-state index is 0.0242. The number of hydrogen-bond donors (Lipinski definition) is 1. The van der Waals surface area contributed by atoms with Crippen LogP contribution in [0.15, 0.2) is 60.8 Å². The number of benzene rings is 2. The third kappa shape index (κ3) is 4.25. The molecule has 0 spiro atoms. The number of carbonyl (C=O) groups excluding carboxylic acids is 1. The first-order chi connectivity index (χ1) is 14.2. The van der Waals surface area contributed by atoms with Crippen LogP contribution in [0.25, 0.3) is 10.8 Å². The van der Waals surface area contributed by atoms with E-state index < -0.39 is 0 Å². The molecule has 5 heteroatoms. The highest BCUT2D eigenvalue weighted by atomic mass is 16.5. The third-order valence-corrected chi connectivity index (χ3v) is 5.89. The number of carbonyl (C=O) groups is 1. The van der Waals surface area contributed by atoms with Crippen LogP contribution in [0.2, 0.25) is 0 Å². The maximum absolute atomic E-state index is 12.7. The summed E-state index contributed by atoms with van der Waals surface area (Å²) in [6.45, 7) is 4.46. The van der Waals surface area contributed by atoms with Crippen molar-refractivity contribution in [3.8, 4) is 5.88 Å². The topological polar surface area (TPSA) is 54.5 Å². The first-order valence-corrected chi connectivity index (χ1v) is 10.1. The molecule has 29 heavy (non-hydrogen) atoms. The number of ether oxygens (including phenoxy) is 1. The molecule has 3 aromatic rings. The number of amides is 1. The number of nitrogens with one attached hydrogen (secondary N) is 1. The van der Waals surface area contributed by atoms with Gasteiger partial charge in [0, 0.05) is 31.4 Å². The highest BCUT2D eigenvalue weighted by Crippen LogP contribution is 2.31. The van der Waals surface area contributed by atoms with Gasteiger partial charge < -0.3 is 10.1 Å². The SMILES string of the molecule is COc1cc(CNC(=O)[C@@H]2CCN(C(C)c3cccc4ccccc34)C2)ccn1. The van der Waals surface area contributed by atoms with Crippen molar-refractivity contribution in [1.82, 2.24) is 15.2 Å². The van der Waals surface area contributed by atoms with Crippen LogP contribution in [0.5, 0.6) is 5.88 Å². The minimum absolute atomic E-state index is 0.0242. The van der Waals surface area contributed by atoms with Crippen molar-refractivity contribution in [3.05, 3.63) is 71.9 Å². The van der Waals surface area contributed by atoms with Gasteiger partial charge in [0.05, 0.1) is 13.0 Å². The number of hydrogen-bond acceptors (Lipinski definition) is 4. The largest absolute Gasteiger partial charge is 0.481 e. The third-order valence-electron chi connectivity index (χ3n) is 5.89. The Labute approximate surface area is 171 Å². The molecule has 150 valence electrons. The van der Waals surface area contributed by atoms with Gasteiger partial charge in [-0.25, -0.2) is 4.98 Å². The van der Waals surface area contributed by atoms with E-state index in [0.717, 1.165) is 25.1 Å². The molecule has 0 aliphatic carbocycles. The maximum atomic E-state index is 12.7. The Balaban J connectivity index is 1.38. The van der Waals surface area contributed by atoms with Crippen LogP contribution in [0.4, 0.5) is 0 Å². The van der Waals surface area contributed by atoms with Gasteiger partial charge in [-0.3, -0.25) is 9.69 Å². The molecule has 0 saturated carbocycles. The quantitative estimate of drug-likeness (QED) is 0.694. The summed E-state index contributed by atoms with van der Waals surface area (Å²) in [5, 5.41) is 5.63. The summed E-state index contributed by atoms with van der Waals surface area (Å²) in [5.41, 5.74) is 2.32. The zero-order chi connectivity index (χ0) is 20.2. The Morgan fingerprint density at radius 1 is 1.24 bits per heavy atom. The Kier molecular flexibility index (Phi) is 5.76. The highest BCUT2D eigenvalue weighted by Gasteiger charge is 2.31. The van der Waals surface area contributed by atoms with E-state index in [1.165, 1.54) is 16.3 Å². The molecule has 5 nitrogen and oxygen atoms in total. The Morgan fingerprint density at radius 2 is 2.07 bits per heavy atom. The first-order valence-electron chi connectivity index (χ1n) is 10.1. The van der Waals surface area contributed by atoms with Gasteiger partial charge >= 0.3 is 0 Å². The van der Waals surface area contributed by atoms with Gasteiger partial charge in [-0.1, -0.05) is 42.5 Å². The lowest BCUT2D eigenvalue weighted by Crippen LogP contribution is -2.33. The number of aromatic nitrogens is 1. The molecular weight excluding hydrogens is 362 g/mol. The van der Waals surface area contributed by atoms with Crippen LogP contribution in [0, 0.1) is 5.92 Å². The lowest BCUT2D eigenvalue weighted by Gasteiger charge is -2.26. The fourth-order valence-electron chi connectivity index (χ4n) is 4.17. The standard InChI is InChI=1S/C24H27N3O2/c1-17(21-9-5-7-19-6-3-4-8-22(19)21)27-13-11-20(16-27)24(28)26-15-18-10-12-25-23(14-18)29-2/h3-10,12,14,17,20H,11,13,15-16H2,1-2H3,(H,26,28)/t17?,20-/m1/s1. The highest BCUT2D eigenvalue weighted by molar-refractivity contribution is 5.86. The molecule has 0 bridgehead atoms. The van der Waals surface area contributed by atoms with Crippen molar-refractivity contribution >= 4 is 16.7 Å². The second-order valence-corrected chi connectivity index (χ2v) is 7.65. The van der Waals surface area contributed by atoms with E-state index in [0.29, 0.717) is 12.4 Å². The minimum Gasteiger partial charge on any atom is -0.481 e. The Hall–Kier alpha value is -2.92. The second-order valence-electron chi connectivity index (χ2n) is 7.65. The van der Waals surface area contributed by atoms with Gasteiger partial charge in [0.2, 0.25) is 11.8 Å². The van der Waals surface area contributed by atoms with E-state index in [2.05, 4.69) is 64.6 Å². The molecule has 1 N–H and O–H groups in total. The summed E-state index contributed by atoms with van der Waals surface area (Å²) in [6, 6.07) is 19.0. The average Bonchev–Trinajstić information content (AvgIpc) is 3.27. The summed E-state index contributed by atoms with van der Waals surface area (Å²) in [5.74, 6) is 0.706. The van der Waals surface area contributed by atoms with E-state index >= 15 is 0 Å². The molecule has 0 radical (unpaired) electrons. The van der Waals surface area contributed by atoms with Crippen molar-refractivity contribution < 1.29 is 9.53 Å². The van der Waals surface area contributed by atoms with E-state index in [-0.39, 0.29) is 17.9 Å². The molecule has 2 aromatic carbocycles. The summed E-state index contributed by atoms with van der Waals surface area (Å²) < 4.78 is 5.14. The van der Waals surface area contributed by atoms with E-state index in [1.54, 1.807) is 13.3 Å². The summed E-state index contributed by atoms with van der Waals surface area (Å²) in [6.07, 6.45) is 2.59. The average molecular weight is 389 g/mol. The molecule has 4 rings (SSSR count). The normalized spacial score (nSPS) is 17.9. The lowest BCUT2D eigenvalue weighted by atomic mass is 9.99. The Morgan fingerprint density at radius 3 is 2.93 bits per heavy atom. The van der Waals surface area contributed by atoms with Gasteiger partial charge in [0.1, 0.15) is 0 Å². The fourth-order valence-corrected chi connectivity index (χ4v) is 4.17. The van der Waals surface area contributed by atoms with Crippen molar-refractivity contribution in [2.24, 2.45) is 5.92 Å². The van der Waals surface area contributed by atoms with Gasteiger partial charge in [-0.15, -0.1) is 0 Å². The summed E-state index contributed by atoms with van der Waals surface area (Å²) in [7, 11) is 1.59. The van der Waals surface area contributed by atoms with Crippen LogP contribution in [-0.2, 0) is 11.3 Å². The fraction of sp³-hybridized carbons (Fsp3) is 0.333. The summed E-state index contributed by atoms with van der Waals surface area (Å²) in [4.78, 5) is 19.2. The smallest absolute Gasteiger partial charge is 0.224 e. The van der Waals surface area contributed by atoms with Gasteiger partial charge in [0.25, 0.3) is 0 Å². The Bertz CT molecular complexity index is 999. The molecular formula is C24H27N3O2. The van der Waals surface area contributed by atoms with Crippen molar-refractivity contribution in [3.63, 3.8) is 0 Å². The van der Waals surface area contributed by atoms with E-state index in [4.69, 9.17) is 4.74 Å². The van der Waals surface area contributed by atoms with Crippen LogP contribution in [0.3, 0.4) is 0 Å².